The van der Waals surface area contributed by atoms with Crippen molar-refractivity contribution in [2.24, 2.45) is 5.10 Å². The third-order valence-corrected chi connectivity index (χ3v) is 5.07. The first-order valence-corrected chi connectivity index (χ1v) is 9.06. The molecule has 0 saturated heterocycles. The predicted molar refractivity (Wildman–Crippen MR) is 108 cm³/mol. The molecule has 1 N–H and O–H groups in total. The molecule has 0 atom stereocenters. The van der Waals surface area contributed by atoms with Gasteiger partial charge in [-0.3, -0.25) is 10.4 Å². The number of thiophene rings is 1. The van der Waals surface area contributed by atoms with Gasteiger partial charge in [0, 0.05) is 22.8 Å². The van der Waals surface area contributed by atoms with Crippen LogP contribution in [0.25, 0.3) is 20.7 Å². The highest BCUT2D eigenvalue weighted by atomic mass is 32.1. The van der Waals surface area contributed by atoms with Crippen LogP contribution in [0.4, 0.5) is 5.82 Å². The molecule has 0 fully saturated rings. The second kappa shape index (κ2) is 7.01. The van der Waals surface area contributed by atoms with Gasteiger partial charge in [0.25, 0.3) is 0 Å². The van der Waals surface area contributed by atoms with E-state index in [-0.39, 0.29) is 0 Å². The van der Waals surface area contributed by atoms with Crippen LogP contribution in [0.5, 0.6) is 0 Å². The highest BCUT2D eigenvalue weighted by Gasteiger charge is 2.11. The molecule has 0 unspecified atom stereocenters. The Hall–Kier alpha value is -3.12. The third kappa shape index (κ3) is 3.32. The molecule has 6 heteroatoms. The third-order valence-electron chi connectivity index (χ3n) is 3.99. The Kier molecular flexibility index (Phi) is 4.41. The van der Waals surface area contributed by atoms with Crippen molar-refractivity contribution in [3.63, 3.8) is 0 Å². The number of hydrogen-bond donors (Lipinski definition) is 1. The summed E-state index contributed by atoms with van der Waals surface area (Å²) < 4.78 is 0. The molecule has 0 amide bonds. The molecule has 0 aliphatic carbocycles. The minimum Gasteiger partial charge on any atom is -0.265 e. The minimum absolute atomic E-state index is 0.721. The number of pyridine rings is 1. The van der Waals surface area contributed by atoms with Crippen molar-refractivity contribution in [1.29, 1.82) is 0 Å². The SMILES string of the molecule is C/C(=N/Nc1nc(C)nc2sc(-c3ccccc3)cc12)c1ccncc1. The molecule has 1 aromatic carbocycles. The Morgan fingerprint density at radius 1 is 1.04 bits per heavy atom. The Balaban J connectivity index is 1.72. The van der Waals surface area contributed by atoms with E-state index in [1.807, 2.05) is 44.2 Å². The van der Waals surface area contributed by atoms with Crippen LogP contribution in [-0.2, 0) is 0 Å². The van der Waals surface area contributed by atoms with Gasteiger partial charge in [-0.2, -0.15) is 5.10 Å². The van der Waals surface area contributed by atoms with Crippen LogP contribution in [0.1, 0.15) is 18.3 Å². The number of aryl methyl sites for hydroxylation is 1. The average Bonchev–Trinajstić information content (AvgIpc) is 3.11. The highest BCUT2D eigenvalue weighted by Crippen LogP contribution is 2.35. The summed E-state index contributed by atoms with van der Waals surface area (Å²) in [7, 11) is 0. The zero-order chi connectivity index (χ0) is 17.9. The quantitative estimate of drug-likeness (QED) is 0.416. The average molecular weight is 359 g/mol. The largest absolute Gasteiger partial charge is 0.265 e. The van der Waals surface area contributed by atoms with E-state index in [9.17, 15) is 0 Å². The molecule has 0 spiro atoms. The summed E-state index contributed by atoms with van der Waals surface area (Å²) in [5.74, 6) is 1.44. The summed E-state index contributed by atoms with van der Waals surface area (Å²) in [6.45, 7) is 3.85. The van der Waals surface area contributed by atoms with Crippen molar-refractivity contribution in [2.75, 3.05) is 5.43 Å². The summed E-state index contributed by atoms with van der Waals surface area (Å²) >= 11 is 1.66. The van der Waals surface area contributed by atoms with Crippen molar-refractivity contribution in [1.82, 2.24) is 15.0 Å². The summed E-state index contributed by atoms with van der Waals surface area (Å²) in [6, 6.07) is 16.3. The number of aromatic nitrogens is 3. The molecule has 26 heavy (non-hydrogen) atoms. The zero-order valence-corrected chi connectivity index (χ0v) is 15.3. The minimum atomic E-state index is 0.721. The van der Waals surface area contributed by atoms with E-state index in [2.05, 4.69) is 43.7 Å². The van der Waals surface area contributed by atoms with Crippen LogP contribution in [0, 0.1) is 6.92 Å². The standard InChI is InChI=1S/C20H17N5S/c1-13(15-8-10-21-11-9-15)24-25-19-17-12-18(16-6-4-3-5-7-16)26-20(17)23-14(2)22-19/h3-12H,1-2H3,(H,22,23,25)/b24-13-. The lowest BCUT2D eigenvalue weighted by Crippen LogP contribution is -2.02. The summed E-state index contributed by atoms with van der Waals surface area (Å²) in [4.78, 5) is 15.3. The lowest BCUT2D eigenvalue weighted by atomic mass is 10.2. The summed E-state index contributed by atoms with van der Waals surface area (Å²) in [5.41, 5.74) is 6.18. The fraction of sp³-hybridized carbons (Fsp3) is 0.100. The molecule has 5 nitrogen and oxygen atoms in total. The lowest BCUT2D eigenvalue weighted by molar-refractivity contribution is 1.08. The van der Waals surface area contributed by atoms with Crippen molar-refractivity contribution >= 4 is 33.1 Å². The number of anilines is 1. The molecule has 4 aromatic rings. The van der Waals surface area contributed by atoms with Crippen LogP contribution in [0.15, 0.2) is 66.0 Å². The van der Waals surface area contributed by atoms with Gasteiger partial charge in [0.05, 0.1) is 11.1 Å². The molecule has 0 radical (unpaired) electrons. The molecule has 0 aliphatic rings. The van der Waals surface area contributed by atoms with Gasteiger partial charge in [0.15, 0.2) is 5.82 Å². The maximum absolute atomic E-state index is 4.58. The van der Waals surface area contributed by atoms with Crippen LogP contribution >= 0.6 is 11.3 Å². The Morgan fingerprint density at radius 2 is 1.81 bits per heavy atom. The van der Waals surface area contributed by atoms with Gasteiger partial charge in [-0.1, -0.05) is 30.3 Å². The first kappa shape index (κ1) is 16.4. The van der Waals surface area contributed by atoms with E-state index in [1.54, 1.807) is 23.7 Å². The van der Waals surface area contributed by atoms with Crippen LogP contribution in [0.3, 0.4) is 0 Å². The predicted octanol–water partition coefficient (Wildman–Crippen LogP) is 4.90. The highest BCUT2D eigenvalue weighted by molar-refractivity contribution is 7.21. The Bertz CT molecular complexity index is 1070. The second-order valence-corrected chi connectivity index (χ2v) is 6.89. The van der Waals surface area contributed by atoms with E-state index >= 15 is 0 Å². The molecular formula is C20H17N5S. The van der Waals surface area contributed by atoms with Crippen LogP contribution in [0.2, 0.25) is 0 Å². The first-order chi connectivity index (χ1) is 12.7. The van der Waals surface area contributed by atoms with Gasteiger partial charge < -0.3 is 0 Å². The van der Waals surface area contributed by atoms with E-state index in [0.717, 1.165) is 33.1 Å². The monoisotopic (exact) mass is 359 g/mol. The number of benzene rings is 1. The topological polar surface area (TPSA) is 63.1 Å². The second-order valence-electron chi connectivity index (χ2n) is 5.86. The Morgan fingerprint density at radius 3 is 2.58 bits per heavy atom. The molecular weight excluding hydrogens is 342 g/mol. The van der Waals surface area contributed by atoms with E-state index in [0.29, 0.717) is 0 Å². The van der Waals surface area contributed by atoms with Gasteiger partial charge >= 0.3 is 0 Å². The van der Waals surface area contributed by atoms with Crippen molar-refractivity contribution in [2.45, 2.75) is 13.8 Å². The maximum Gasteiger partial charge on any atom is 0.158 e. The van der Waals surface area contributed by atoms with Crippen molar-refractivity contribution < 1.29 is 0 Å². The van der Waals surface area contributed by atoms with Gasteiger partial charge in [-0.15, -0.1) is 11.3 Å². The summed E-state index contributed by atoms with van der Waals surface area (Å²) in [5, 5.41) is 5.47. The van der Waals surface area contributed by atoms with Crippen molar-refractivity contribution in [3.8, 4) is 10.4 Å². The van der Waals surface area contributed by atoms with Gasteiger partial charge in [0.1, 0.15) is 10.7 Å². The molecule has 4 rings (SSSR count). The van der Waals surface area contributed by atoms with Crippen LogP contribution < -0.4 is 5.43 Å². The molecule has 3 heterocycles. The summed E-state index contributed by atoms with van der Waals surface area (Å²) in [6.07, 6.45) is 3.51. The number of fused-ring (bicyclic) bond motifs is 1. The van der Waals surface area contributed by atoms with Crippen LogP contribution in [-0.4, -0.2) is 20.7 Å². The van der Waals surface area contributed by atoms with E-state index in [1.165, 1.54) is 10.4 Å². The number of nitrogens with zero attached hydrogens (tertiary/aromatic N) is 4. The number of hydrogen-bond acceptors (Lipinski definition) is 6. The number of nitrogens with one attached hydrogen (secondary N) is 1. The first-order valence-electron chi connectivity index (χ1n) is 8.25. The molecule has 3 aromatic heterocycles. The van der Waals surface area contributed by atoms with Crippen molar-refractivity contribution in [3.05, 3.63) is 72.3 Å². The number of hydrazone groups is 1. The van der Waals surface area contributed by atoms with Gasteiger partial charge in [0.2, 0.25) is 0 Å². The number of rotatable bonds is 4. The molecule has 0 aliphatic heterocycles. The molecule has 0 bridgehead atoms. The zero-order valence-electron chi connectivity index (χ0n) is 14.5. The lowest BCUT2D eigenvalue weighted by Gasteiger charge is -2.05. The molecule has 0 saturated carbocycles. The maximum atomic E-state index is 4.58. The fourth-order valence-corrected chi connectivity index (χ4v) is 3.73. The van der Waals surface area contributed by atoms with Gasteiger partial charge in [-0.05, 0) is 37.6 Å². The molecule has 128 valence electrons. The van der Waals surface area contributed by atoms with Gasteiger partial charge in [-0.25, -0.2) is 9.97 Å². The Labute approximate surface area is 155 Å². The van der Waals surface area contributed by atoms with E-state index < -0.39 is 0 Å². The fourth-order valence-electron chi connectivity index (χ4n) is 2.65. The smallest absolute Gasteiger partial charge is 0.158 e. The van der Waals surface area contributed by atoms with E-state index in [4.69, 9.17) is 0 Å². The normalized spacial score (nSPS) is 11.7.